The summed E-state index contributed by atoms with van der Waals surface area (Å²) in [6, 6.07) is 0. The molecule has 16 heavy (non-hydrogen) atoms. The fourth-order valence-electron chi connectivity index (χ4n) is 1.62. The first-order valence-electron chi connectivity index (χ1n) is 6.00. The summed E-state index contributed by atoms with van der Waals surface area (Å²) in [4.78, 5) is 4.13. The van der Waals surface area contributed by atoms with E-state index in [1.807, 2.05) is 6.92 Å². The molecule has 1 heterocycles. The molecule has 2 N–H and O–H groups in total. The lowest BCUT2D eigenvalue weighted by atomic mass is 10.2. The van der Waals surface area contributed by atoms with Crippen LogP contribution in [0.25, 0.3) is 0 Å². The molecule has 1 aliphatic rings. The Kier molecular flexibility index (Phi) is 6.92. The summed E-state index contributed by atoms with van der Waals surface area (Å²) in [5.74, 6) is 0.815. The molecule has 0 aromatic carbocycles. The van der Waals surface area contributed by atoms with Crippen LogP contribution in [0.5, 0.6) is 0 Å². The maximum Gasteiger partial charge on any atom is 0.191 e. The number of nitrogens with zero attached hydrogens (tertiary/aromatic N) is 1. The van der Waals surface area contributed by atoms with Crippen LogP contribution in [0, 0.1) is 0 Å². The van der Waals surface area contributed by atoms with Crippen LogP contribution >= 0.6 is 0 Å². The third-order valence-electron chi connectivity index (χ3n) is 2.49. The van der Waals surface area contributed by atoms with Gasteiger partial charge in [0.1, 0.15) is 0 Å². The van der Waals surface area contributed by atoms with Gasteiger partial charge >= 0.3 is 0 Å². The molecule has 1 fully saturated rings. The monoisotopic (exact) mass is 229 g/mol. The molecule has 0 bridgehead atoms. The second kappa shape index (κ2) is 8.35. The fraction of sp³-hybridized carbons (Fsp3) is 0.909. The Balaban J connectivity index is 2.06. The van der Waals surface area contributed by atoms with Gasteiger partial charge in [0.2, 0.25) is 0 Å². The van der Waals surface area contributed by atoms with Crippen LogP contribution < -0.4 is 10.6 Å². The quantitative estimate of drug-likeness (QED) is 0.392. The Bertz CT molecular complexity index is 203. The van der Waals surface area contributed by atoms with Gasteiger partial charge in [-0.2, -0.15) is 0 Å². The van der Waals surface area contributed by atoms with E-state index in [4.69, 9.17) is 9.47 Å². The zero-order valence-corrected chi connectivity index (χ0v) is 10.3. The number of aliphatic imine (C=N–C) groups is 1. The number of hydrogen-bond donors (Lipinski definition) is 2. The molecule has 1 rings (SSSR count). The topological polar surface area (TPSA) is 54.9 Å². The van der Waals surface area contributed by atoms with E-state index in [9.17, 15) is 0 Å². The van der Waals surface area contributed by atoms with Gasteiger partial charge in [-0.15, -0.1) is 0 Å². The van der Waals surface area contributed by atoms with E-state index < -0.39 is 0 Å². The van der Waals surface area contributed by atoms with Gasteiger partial charge in [-0.3, -0.25) is 4.99 Å². The van der Waals surface area contributed by atoms with Gasteiger partial charge in [0.05, 0.1) is 12.7 Å². The lowest BCUT2D eigenvalue weighted by Crippen LogP contribution is -2.42. The smallest absolute Gasteiger partial charge is 0.191 e. The number of rotatable bonds is 6. The van der Waals surface area contributed by atoms with Crippen molar-refractivity contribution in [2.45, 2.75) is 25.9 Å². The lowest BCUT2D eigenvalue weighted by Gasteiger charge is -2.14. The highest BCUT2D eigenvalue weighted by Gasteiger charge is 2.15. The third-order valence-corrected chi connectivity index (χ3v) is 2.49. The molecular weight excluding hydrogens is 206 g/mol. The van der Waals surface area contributed by atoms with Gasteiger partial charge < -0.3 is 20.1 Å². The Morgan fingerprint density at radius 3 is 3.00 bits per heavy atom. The van der Waals surface area contributed by atoms with Crippen LogP contribution in [0.1, 0.15) is 19.8 Å². The fourth-order valence-corrected chi connectivity index (χ4v) is 1.62. The van der Waals surface area contributed by atoms with E-state index in [2.05, 4.69) is 15.6 Å². The molecule has 1 saturated heterocycles. The summed E-state index contributed by atoms with van der Waals surface area (Å²) < 4.78 is 10.8. The molecule has 1 atom stereocenters. The second-order valence-corrected chi connectivity index (χ2v) is 3.71. The third kappa shape index (κ3) is 5.32. The molecular formula is C11H23N3O2. The molecule has 1 aliphatic heterocycles. The highest BCUT2D eigenvalue weighted by molar-refractivity contribution is 5.79. The number of nitrogens with one attached hydrogen (secondary N) is 2. The van der Waals surface area contributed by atoms with E-state index in [-0.39, 0.29) is 0 Å². The average Bonchev–Trinajstić information content (AvgIpc) is 2.81. The summed E-state index contributed by atoms with van der Waals surface area (Å²) in [5.41, 5.74) is 0. The summed E-state index contributed by atoms with van der Waals surface area (Å²) in [5, 5.41) is 6.43. The predicted octanol–water partition coefficient (Wildman–Crippen LogP) is 0.367. The summed E-state index contributed by atoms with van der Waals surface area (Å²) in [6.07, 6.45) is 2.65. The van der Waals surface area contributed by atoms with Gasteiger partial charge in [0.25, 0.3) is 0 Å². The predicted molar refractivity (Wildman–Crippen MR) is 64.8 cm³/mol. The first-order valence-corrected chi connectivity index (χ1v) is 6.00. The van der Waals surface area contributed by atoms with Gasteiger partial charge in [-0.25, -0.2) is 0 Å². The Morgan fingerprint density at radius 1 is 1.50 bits per heavy atom. The minimum atomic E-state index is 0.338. The molecule has 0 radical (unpaired) electrons. The van der Waals surface area contributed by atoms with Gasteiger partial charge in [0, 0.05) is 33.4 Å². The maximum atomic E-state index is 5.52. The SMILES string of the molecule is CCOCCNC(=NC)NCC1CCCO1. The number of ether oxygens (including phenoxy) is 2. The minimum Gasteiger partial charge on any atom is -0.380 e. The number of guanidine groups is 1. The molecule has 0 spiro atoms. The van der Waals surface area contributed by atoms with E-state index in [1.54, 1.807) is 7.05 Å². The zero-order chi connectivity index (χ0) is 11.6. The van der Waals surface area contributed by atoms with Crippen molar-refractivity contribution >= 4 is 5.96 Å². The average molecular weight is 229 g/mol. The summed E-state index contributed by atoms with van der Waals surface area (Å²) in [7, 11) is 1.77. The maximum absolute atomic E-state index is 5.52. The van der Waals surface area contributed by atoms with Crippen LogP contribution in [0.2, 0.25) is 0 Å². The molecule has 5 heteroatoms. The van der Waals surface area contributed by atoms with E-state index in [0.29, 0.717) is 12.7 Å². The van der Waals surface area contributed by atoms with Crippen molar-refractivity contribution in [1.82, 2.24) is 10.6 Å². The van der Waals surface area contributed by atoms with Gasteiger partial charge in [-0.1, -0.05) is 0 Å². The van der Waals surface area contributed by atoms with Crippen molar-refractivity contribution in [2.24, 2.45) is 4.99 Å². The van der Waals surface area contributed by atoms with E-state index in [1.165, 1.54) is 6.42 Å². The van der Waals surface area contributed by atoms with Crippen molar-refractivity contribution in [2.75, 3.05) is 40.0 Å². The van der Waals surface area contributed by atoms with Crippen molar-refractivity contribution in [3.8, 4) is 0 Å². The van der Waals surface area contributed by atoms with E-state index >= 15 is 0 Å². The molecule has 0 aromatic heterocycles. The molecule has 5 nitrogen and oxygen atoms in total. The van der Waals surface area contributed by atoms with Crippen molar-refractivity contribution in [1.29, 1.82) is 0 Å². The highest BCUT2D eigenvalue weighted by Crippen LogP contribution is 2.10. The first-order chi connectivity index (χ1) is 7.86. The molecule has 0 amide bonds. The standard InChI is InChI=1S/C11H23N3O2/c1-3-15-8-6-13-11(12-2)14-9-10-5-4-7-16-10/h10H,3-9H2,1-2H3,(H2,12,13,14). The minimum absolute atomic E-state index is 0.338. The first kappa shape index (κ1) is 13.3. The van der Waals surface area contributed by atoms with Crippen molar-refractivity contribution in [3.63, 3.8) is 0 Å². The van der Waals surface area contributed by atoms with Gasteiger partial charge in [0.15, 0.2) is 5.96 Å². The lowest BCUT2D eigenvalue weighted by molar-refractivity contribution is 0.113. The van der Waals surface area contributed by atoms with Crippen LogP contribution in [0.4, 0.5) is 0 Å². The summed E-state index contributed by atoms with van der Waals surface area (Å²) >= 11 is 0. The van der Waals surface area contributed by atoms with Crippen molar-refractivity contribution < 1.29 is 9.47 Å². The summed E-state index contributed by atoms with van der Waals surface area (Å²) in [6.45, 7) is 5.95. The van der Waals surface area contributed by atoms with Crippen LogP contribution in [-0.2, 0) is 9.47 Å². The van der Waals surface area contributed by atoms with Crippen LogP contribution in [0.15, 0.2) is 4.99 Å². The molecule has 0 aromatic rings. The highest BCUT2D eigenvalue weighted by atomic mass is 16.5. The van der Waals surface area contributed by atoms with Crippen LogP contribution in [0.3, 0.4) is 0 Å². The normalized spacial score (nSPS) is 21.1. The van der Waals surface area contributed by atoms with Crippen LogP contribution in [-0.4, -0.2) is 52.0 Å². The largest absolute Gasteiger partial charge is 0.380 e. The van der Waals surface area contributed by atoms with E-state index in [0.717, 1.165) is 38.7 Å². The Labute approximate surface area is 97.6 Å². The molecule has 1 unspecified atom stereocenters. The Morgan fingerprint density at radius 2 is 2.38 bits per heavy atom. The van der Waals surface area contributed by atoms with Gasteiger partial charge in [-0.05, 0) is 19.8 Å². The second-order valence-electron chi connectivity index (χ2n) is 3.71. The Hall–Kier alpha value is -0.810. The van der Waals surface area contributed by atoms with Crippen molar-refractivity contribution in [3.05, 3.63) is 0 Å². The molecule has 94 valence electrons. The molecule has 0 saturated carbocycles. The number of hydrogen-bond acceptors (Lipinski definition) is 3. The molecule has 0 aliphatic carbocycles. The zero-order valence-electron chi connectivity index (χ0n) is 10.3.